The lowest BCUT2D eigenvalue weighted by molar-refractivity contribution is 0.468. The van der Waals surface area contributed by atoms with Crippen molar-refractivity contribution in [3.63, 3.8) is 0 Å². The van der Waals surface area contributed by atoms with Crippen LogP contribution in [-0.2, 0) is 6.42 Å². The van der Waals surface area contributed by atoms with Crippen LogP contribution < -0.4 is 5.32 Å². The second-order valence-corrected chi connectivity index (χ2v) is 5.65. The third kappa shape index (κ3) is 2.62. The Balaban J connectivity index is 1.60. The fraction of sp³-hybridized carbons (Fsp3) is 0.333. The van der Waals surface area contributed by atoms with Gasteiger partial charge in [-0.1, -0.05) is 18.2 Å². The molecule has 1 aromatic carbocycles. The lowest BCUT2D eigenvalue weighted by atomic mass is 10.0. The Kier molecular flexibility index (Phi) is 3.72. The number of thioether (sulfide) groups is 1. The molecule has 18 heavy (non-hydrogen) atoms. The van der Waals surface area contributed by atoms with Crippen LogP contribution in [0.1, 0.15) is 23.8 Å². The first-order chi connectivity index (χ1) is 8.93. The average molecular weight is 259 g/mol. The Labute approximate surface area is 112 Å². The van der Waals surface area contributed by atoms with Gasteiger partial charge >= 0.3 is 0 Å². The Morgan fingerprint density at radius 2 is 2.17 bits per heavy atom. The summed E-state index contributed by atoms with van der Waals surface area (Å²) in [7, 11) is 0. The molecule has 3 rings (SSSR count). The van der Waals surface area contributed by atoms with E-state index in [1.807, 2.05) is 23.9 Å². The minimum Gasteiger partial charge on any atom is -0.469 e. The van der Waals surface area contributed by atoms with Gasteiger partial charge in [0.15, 0.2) is 0 Å². The van der Waals surface area contributed by atoms with E-state index in [0.717, 1.165) is 18.7 Å². The Morgan fingerprint density at radius 1 is 1.22 bits per heavy atom. The molecule has 0 saturated carbocycles. The second-order valence-electron chi connectivity index (χ2n) is 4.51. The van der Waals surface area contributed by atoms with Crippen molar-refractivity contribution in [2.24, 2.45) is 0 Å². The molecule has 0 amide bonds. The van der Waals surface area contributed by atoms with E-state index < -0.39 is 0 Å². The van der Waals surface area contributed by atoms with Crippen LogP contribution >= 0.6 is 11.8 Å². The van der Waals surface area contributed by atoms with Gasteiger partial charge in [0.2, 0.25) is 0 Å². The lowest BCUT2D eigenvalue weighted by Crippen LogP contribution is -2.26. The molecule has 0 spiro atoms. The molecule has 0 bridgehead atoms. The van der Waals surface area contributed by atoms with E-state index >= 15 is 0 Å². The van der Waals surface area contributed by atoms with Crippen LogP contribution in [0.3, 0.4) is 0 Å². The fourth-order valence-corrected chi connectivity index (χ4v) is 3.50. The predicted octanol–water partition coefficient (Wildman–Crippen LogP) is 3.65. The van der Waals surface area contributed by atoms with E-state index in [1.54, 1.807) is 6.26 Å². The third-order valence-corrected chi connectivity index (χ3v) is 4.42. The molecular weight excluding hydrogens is 242 g/mol. The van der Waals surface area contributed by atoms with E-state index in [1.165, 1.54) is 22.6 Å². The van der Waals surface area contributed by atoms with Crippen molar-refractivity contribution in [3.05, 3.63) is 54.0 Å². The topological polar surface area (TPSA) is 25.2 Å². The van der Waals surface area contributed by atoms with E-state index in [-0.39, 0.29) is 0 Å². The number of furan rings is 1. The zero-order chi connectivity index (χ0) is 12.2. The SMILES string of the molecule is c1coc(CCNC2CCSc3ccccc32)c1. The highest BCUT2D eigenvalue weighted by Crippen LogP contribution is 2.35. The first kappa shape index (κ1) is 11.9. The summed E-state index contributed by atoms with van der Waals surface area (Å²) in [5, 5.41) is 3.64. The van der Waals surface area contributed by atoms with Gasteiger partial charge in [0, 0.05) is 23.9 Å². The van der Waals surface area contributed by atoms with Crippen molar-refractivity contribution >= 4 is 11.8 Å². The van der Waals surface area contributed by atoms with Gasteiger partial charge in [-0.2, -0.15) is 0 Å². The number of hydrogen-bond donors (Lipinski definition) is 1. The summed E-state index contributed by atoms with van der Waals surface area (Å²) in [6.45, 7) is 0.969. The zero-order valence-corrected chi connectivity index (χ0v) is 11.1. The van der Waals surface area contributed by atoms with Crippen molar-refractivity contribution in [1.29, 1.82) is 0 Å². The quantitative estimate of drug-likeness (QED) is 0.907. The van der Waals surface area contributed by atoms with Crippen molar-refractivity contribution in [2.45, 2.75) is 23.8 Å². The van der Waals surface area contributed by atoms with Crippen LogP contribution in [0, 0.1) is 0 Å². The normalized spacial score (nSPS) is 18.6. The summed E-state index contributed by atoms with van der Waals surface area (Å²) >= 11 is 1.97. The maximum atomic E-state index is 5.35. The number of hydrogen-bond acceptors (Lipinski definition) is 3. The molecule has 0 radical (unpaired) electrons. The van der Waals surface area contributed by atoms with Crippen molar-refractivity contribution in [2.75, 3.05) is 12.3 Å². The molecule has 3 heteroatoms. The molecule has 2 aromatic rings. The lowest BCUT2D eigenvalue weighted by Gasteiger charge is -2.25. The molecule has 2 heterocycles. The highest BCUT2D eigenvalue weighted by Gasteiger charge is 2.19. The van der Waals surface area contributed by atoms with Crippen molar-refractivity contribution in [3.8, 4) is 0 Å². The second kappa shape index (κ2) is 5.63. The molecule has 94 valence electrons. The van der Waals surface area contributed by atoms with Crippen LogP contribution in [0.5, 0.6) is 0 Å². The first-order valence-corrected chi connectivity index (χ1v) is 7.39. The van der Waals surface area contributed by atoms with E-state index in [4.69, 9.17) is 4.42 Å². The largest absolute Gasteiger partial charge is 0.469 e. The van der Waals surface area contributed by atoms with E-state index in [0.29, 0.717) is 6.04 Å². The maximum absolute atomic E-state index is 5.35. The van der Waals surface area contributed by atoms with E-state index in [9.17, 15) is 0 Å². The summed E-state index contributed by atoms with van der Waals surface area (Å²) < 4.78 is 5.35. The van der Waals surface area contributed by atoms with Gasteiger partial charge in [0.1, 0.15) is 5.76 Å². The monoisotopic (exact) mass is 259 g/mol. The van der Waals surface area contributed by atoms with Gasteiger partial charge in [-0.25, -0.2) is 0 Å². The third-order valence-electron chi connectivity index (χ3n) is 3.30. The van der Waals surface area contributed by atoms with Gasteiger partial charge < -0.3 is 9.73 Å². The highest BCUT2D eigenvalue weighted by atomic mass is 32.2. The van der Waals surface area contributed by atoms with Crippen LogP contribution in [0.25, 0.3) is 0 Å². The van der Waals surface area contributed by atoms with Crippen LogP contribution in [0.4, 0.5) is 0 Å². The first-order valence-electron chi connectivity index (χ1n) is 6.41. The molecule has 1 N–H and O–H groups in total. The van der Waals surface area contributed by atoms with Gasteiger partial charge in [-0.15, -0.1) is 11.8 Å². The van der Waals surface area contributed by atoms with Crippen molar-refractivity contribution < 1.29 is 4.42 Å². The fourth-order valence-electron chi connectivity index (χ4n) is 2.38. The highest BCUT2D eigenvalue weighted by molar-refractivity contribution is 7.99. The standard InChI is InChI=1S/C15H17NOS/c1-2-6-15-13(5-1)14(8-11-18-15)16-9-7-12-4-3-10-17-12/h1-6,10,14,16H,7-9,11H2. The summed E-state index contributed by atoms with van der Waals surface area (Å²) in [5.74, 6) is 2.26. The molecule has 1 aliphatic rings. The summed E-state index contributed by atoms with van der Waals surface area (Å²) in [6.07, 6.45) is 3.90. The van der Waals surface area contributed by atoms with Gasteiger partial charge in [-0.05, 0) is 35.9 Å². The molecule has 0 aliphatic carbocycles. The van der Waals surface area contributed by atoms with Crippen LogP contribution in [0.2, 0.25) is 0 Å². The number of fused-ring (bicyclic) bond motifs is 1. The van der Waals surface area contributed by atoms with Crippen LogP contribution in [0.15, 0.2) is 52.0 Å². The van der Waals surface area contributed by atoms with Crippen molar-refractivity contribution in [1.82, 2.24) is 5.32 Å². The summed E-state index contributed by atoms with van der Waals surface area (Å²) in [5.41, 5.74) is 1.45. The number of benzene rings is 1. The van der Waals surface area contributed by atoms with Gasteiger partial charge in [0.05, 0.1) is 6.26 Å². The average Bonchev–Trinajstić information content (AvgIpc) is 2.92. The molecule has 1 aliphatic heterocycles. The smallest absolute Gasteiger partial charge is 0.105 e. The predicted molar refractivity (Wildman–Crippen MR) is 74.9 cm³/mol. The Bertz CT molecular complexity index is 495. The number of rotatable bonds is 4. The van der Waals surface area contributed by atoms with E-state index in [2.05, 4.69) is 29.6 Å². The minimum atomic E-state index is 0.498. The molecule has 0 fully saturated rings. The summed E-state index contributed by atoms with van der Waals surface area (Å²) in [4.78, 5) is 1.43. The van der Waals surface area contributed by atoms with Gasteiger partial charge in [0.25, 0.3) is 0 Å². The molecule has 2 nitrogen and oxygen atoms in total. The maximum Gasteiger partial charge on any atom is 0.105 e. The molecule has 1 unspecified atom stereocenters. The Morgan fingerprint density at radius 3 is 3.06 bits per heavy atom. The van der Waals surface area contributed by atoms with Gasteiger partial charge in [-0.3, -0.25) is 0 Å². The number of nitrogens with one attached hydrogen (secondary N) is 1. The minimum absolute atomic E-state index is 0.498. The molecule has 1 atom stereocenters. The Hall–Kier alpha value is -1.19. The summed E-state index contributed by atoms with van der Waals surface area (Å²) in [6, 6.07) is 13.2. The zero-order valence-electron chi connectivity index (χ0n) is 10.3. The molecular formula is C15H17NOS. The molecule has 1 aromatic heterocycles. The molecule has 0 saturated heterocycles. The van der Waals surface area contributed by atoms with Crippen LogP contribution in [-0.4, -0.2) is 12.3 Å².